The van der Waals surface area contributed by atoms with Gasteiger partial charge in [0.2, 0.25) is 0 Å². The lowest BCUT2D eigenvalue weighted by atomic mass is 10.0. The molecule has 0 aromatic heterocycles. The molecule has 2 aromatic rings. The Morgan fingerprint density at radius 1 is 0.938 bits per heavy atom. The highest BCUT2D eigenvalue weighted by Gasteiger charge is 2.04. The van der Waals surface area contributed by atoms with Gasteiger partial charge in [0.1, 0.15) is 0 Å². The minimum atomic E-state index is 0.653. The number of nitrogen functional groups attached to an aromatic ring is 1. The zero-order valence-corrected chi connectivity index (χ0v) is 10.1. The van der Waals surface area contributed by atoms with E-state index in [0.29, 0.717) is 10.7 Å². The van der Waals surface area contributed by atoms with Gasteiger partial charge in [-0.05, 0) is 29.3 Å². The van der Waals surface area contributed by atoms with Gasteiger partial charge < -0.3 is 5.73 Å². The molecule has 0 fully saturated rings. The molecule has 0 saturated heterocycles. The van der Waals surface area contributed by atoms with Crippen molar-refractivity contribution in [2.24, 2.45) is 0 Å². The number of anilines is 1. The van der Waals surface area contributed by atoms with Crippen molar-refractivity contribution in [2.45, 2.75) is 6.42 Å². The summed E-state index contributed by atoms with van der Waals surface area (Å²) in [6, 6.07) is 13.3. The fourth-order valence-electron chi connectivity index (χ4n) is 1.57. The van der Waals surface area contributed by atoms with Crippen LogP contribution in [0.15, 0.2) is 42.5 Å². The van der Waals surface area contributed by atoms with Crippen LogP contribution in [0.2, 0.25) is 10.0 Å². The SMILES string of the molecule is Nc1cc(Cl)ccc1Cc1ccccc1Cl. The van der Waals surface area contributed by atoms with E-state index < -0.39 is 0 Å². The lowest BCUT2D eigenvalue weighted by molar-refractivity contribution is 1.20. The van der Waals surface area contributed by atoms with Crippen LogP contribution in [0, 0.1) is 0 Å². The summed E-state index contributed by atoms with van der Waals surface area (Å²) < 4.78 is 0. The van der Waals surface area contributed by atoms with Crippen molar-refractivity contribution < 1.29 is 0 Å². The van der Waals surface area contributed by atoms with E-state index in [1.807, 2.05) is 36.4 Å². The van der Waals surface area contributed by atoms with Crippen LogP contribution in [-0.4, -0.2) is 0 Å². The highest BCUT2D eigenvalue weighted by molar-refractivity contribution is 6.31. The summed E-state index contributed by atoms with van der Waals surface area (Å²) in [4.78, 5) is 0. The Bertz CT molecular complexity index is 509. The van der Waals surface area contributed by atoms with E-state index in [-0.39, 0.29) is 0 Å². The Kier molecular flexibility index (Phi) is 3.37. The zero-order chi connectivity index (χ0) is 11.5. The van der Waals surface area contributed by atoms with Gasteiger partial charge in [-0.3, -0.25) is 0 Å². The first-order valence-electron chi connectivity index (χ1n) is 4.94. The van der Waals surface area contributed by atoms with Crippen LogP contribution in [0.4, 0.5) is 5.69 Å². The molecule has 0 aliphatic rings. The summed E-state index contributed by atoms with van der Waals surface area (Å²) in [6.45, 7) is 0. The van der Waals surface area contributed by atoms with Gasteiger partial charge in [0.25, 0.3) is 0 Å². The van der Waals surface area contributed by atoms with Crippen LogP contribution in [0.25, 0.3) is 0 Å². The number of rotatable bonds is 2. The monoisotopic (exact) mass is 251 g/mol. The maximum absolute atomic E-state index is 6.09. The molecule has 0 spiro atoms. The van der Waals surface area contributed by atoms with Crippen LogP contribution < -0.4 is 5.73 Å². The summed E-state index contributed by atoms with van der Waals surface area (Å²) in [5.41, 5.74) is 8.70. The number of benzene rings is 2. The molecule has 3 heteroatoms. The van der Waals surface area contributed by atoms with Crippen molar-refractivity contribution in [3.8, 4) is 0 Å². The molecule has 0 saturated carbocycles. The van der Waals surface area contributed by atoms with E-state index in [4.69, 9.17) is 28.9 Å². The third kappa shape index (κ3) is 2.49. The molecule has 1 nitrogen and oxygen atoms in total. The van der Waals surface area contributed by atoms with Crippen molar-refractivity contribution in [3.05, 3.63) is 63.6 Å². The fourth-order valence-corrected chi connectivity index (χ4v) is 1.96. The quantitative estimate of drug-likeness (QED) is 0.797. The standard InChI is InChI=1S/C13H11Cl2N/c14-11-6-5-10(13(16)8-11)7-9-3-1-2-4-12(9)15/h1-6,8H,7,16H2. The van der Waals surface area contributed by atoms with Crippen molar-refractivity contribution in [2.75, 3.05) is 5.73 Å². The number of halogens is 2. The highest BCUT2D eigenvalue weighted by atomic mass is 35.5. The van der Waals surface area contributed by atoms with Gasteiger partial charge in [0.15, 0.2) is 0 Å². The second-order valence-electron chi connectivity index (χ2n) is 3.61. The molecule has 2 rings (SSSR count). The predicted octanol–water partition coefficient (Wildman–Crippen LogP) is 4.17. The van der Waals surface area contributed by atoms with Gasteiger partial charge in [-0.15, -0.1) is 0 Å². The molecule has 0 aliphatic heterocycles. The Morgan fingerprint density at radius 2 is 1.69 bits per heavy atom. The largest absolute Gasteiger partial charge is 0.398 e. The molecule has 0 heterocycles. The van der Waals surface area contributed by atoms with Crippen LogP contribution >= 0.6 is 23.2 Å². The molecule has 2 aromatic carbocycles. The van der Waals surface area contributed by atoms with Crippen LogP contribution in [0.5, 0.6) is 0 Å². The minimum Gasteiger partial charge on any atom is -0.398 e. The van der Waals surface area contributed by atoms with Gasteiger partial charge in [-0.25, -0.2) is 0 Å². The maximum atomic E-state index is 6.09. The zero-order valence-electron chi connectivity index (χ0n) is 8.58. The summed E-state index contributed by atoms with van der Waals surface area (Å²) >= 11 is 11.9. The van der Waals surface area contributed by atoms with E-state index in [2.05, 4.69) is 0 Å². The number of hydrogen-bond donors (Lipinski definition) is 1. The van der Waals surface area contributed by atoms with Crippen molar-refractivity contribution in [1.29, 1.82) is 0 Å². The molecule has 2 N–H and O–H groups in total. The molecule has 0 amide bonds. The minimum absolute atomic E-state index is 0.653. The highest BCUT2D eigenvalue weighted by Crippen LogP contribution is 2.24. The number of nitrogens with two attached hydrogens (primary N) is 1. The number of hydrogen-bond acceptors (Lipinski definition) is 1. The second-order valence-corrected chi connectivity index (χ2v) is 4.45. The Hall–Kier alpha value is -1.18. The third-order valence-corrected chi connectivity index (χ3v) is 3.05. The average molecular weight is 252 g/mol. The first kappa shape index (κ1) is 11.3. The summed E-state index contributed by atoms with van der Waals surface area (Å²) in [6.07, 6.45) is 0.725. The van der Waals surface area contributed by atoms with Gasteiger partial charge >= 0.3 is 0 Å². The van der Waals surface area contributed by atoms with Crippen LogP contribution in [-0.2, 0) is 6.42 Å². The Labute approximate surface area is 105 Å². The van der Waals surface area contributed by atoms with E-state index in [1.54, 1.807) is 6.07 Å². The van der Waals surface area contributed by atoms with E-state index in [1.165, 1.54) is 0 Å². The van der Waals surface area contributed by atoms with Gasteiger partial charge in [-0.1, -0.05) is 47.5 Å². The topological polar surface area (TPSA) is 26.0 Å². The van der Waals surface area contributed by atoms with E-state index >= 15 is 0 Å². The molecule has 82 valence electrons. The molecule has 0 aliphatic carbocycles. The van der Waals surface area contributed by atoms with Crippen molar-refractivity contribution in [1.82, 2.24) is 0 Å². The van der Waals surface area contributed by atoms with Gasteiger partial charge in [-0.2, -0.15) is 0 Å². The van der Waals surface area contributed by atoms with Crippen molar-refractivity contribution in [3.63, 3.8) is 0 Å². The van der Waals surface area contributed by atoms with Crippen molar-refractivity contribution >= 4 is 28.9 Å². The molecular weight excluding hydrogens is 241 g/mol. The lowest BCUT2D eigenvalue weighted by Crippen LogP contribution is -1.96. The van der Waals surface area contributed by atoms with Gasteiger partial charge in [0.05, 0.1) is 0 Å². The molecule has 0 radical (unpaired) electrons. The summed E-state index contributed by atoms with van der Waals surface area (Å²) in [7, 11) is 0. The third-order valence-electron chi connectivity index (χ3n) is 2.45. The molecule has 0 unspecified atom stereocenters. The average Bonchev–Trinajstić information content (AvgIpc) is 2.25. The first-order valence-corrected chi connectivity index (χ1v) is 5.70. The second kappa shape index (κ2) is 4.77. The van der Waals surface area contributed by atoms with E-state index in [0.717, 1.165) is 22.6 Å². The first-order chi connectivity index (χ1) is 7.66. The summed E-state index contributed by atoms with van der Waals surface area (Å²) in [5.74, 6) is 0. The summed E-state index contributed by atoms with van der Waals surface area (Å²) in [5, 5.41) is 1.41. The van der Waals surface area contributed by atoms with Crippen LogP contribution in [0.3, 0.4) is 0 Å². The fraction of sp³-hybridized carbons (Fsp3) is 0.0769. The Morgan fingerprint density at radius 3 is 2.38 bits per heavy atom. The maximum Gasteiger partial charge on any atom is 0.0441 e. The molecule has 0 atom stereocenters. The Balaban J connectivity index is 2.31. The van der Waals surface area contributed by atoms with Crippen LogP contribution in [0.1, 0.15) is 11.1 Å². The van der Waals surface area contributed by atoms with Gasteiger partial charge in [0, 0.05) is 22.2 Å². The van der Waals surface area contributed by atoms with E-state index in [9.17, 15) is 0 Å². The normalized spacial score (nSPS) is 10.4. The molecule has 0 bridgehead atoms. The predicted molar refractivity (Wildman–Crippen MR) is 70.1 cm³/mol. The smallest absolute Gasteiger partial charge is 0.0441 e. The molecule has 16 heavy (non-hydrogen) atoms. The lowest BCUT2D eigenvalue weighted by Gasteiger charge is -2.07. The molecular formula is C13H11Cl2N.